The summed E-state index contributed by atoms with van der Waals surface area (Å²) in [6.07, 6.45) is 5.15. The van der Waals surface area contributed by atoms with Crippen molar-refractivity contribution in [1.29, 1.82) is 0 Å². The minimum atomic E-state index is -1.12. The third-order valence-corrected chi connectivity index (χ3v) is 7.42. The Kier molecular flexibility index (Phi) is 12.4. The number of methoxy groups -OCH3 is 1. The minimum absolute atomic E-state index is 0.0132. The second-order valence-corrected chi connectivity index (χ2v) is 11.9. The number of nitrogens with one attached hydrogen (secondary N) is 2. The smallest absolute Gasteiger partial charge is 0.314 e. The first-order chi connectivity index (χ1) is 18.8. The molecule has 8 nitrogen and oxygen atoms in total. The van der Waals surface area contributed by atoms with Crippen molar-refractivity contribution in [2.24, 2.45) is 23.2 Å². The number of cyclic esters (lactones) is 1. The number of carbonyl (C=O) groups excluding carboxylic acids is 4. The van der Waals surface area contributed by atoms with Crippen molar-refractivity contribution in [2.75, 3.05) is 13.7 Å². The molecule has 0 radical (unpaired) electrons. The van der Waals surface area contributed by atoms with E-state index >= 15 is 0 Å². The zero-order valence-corrected chi connectivity index (χ0v) is 25.2. The molecular weight excluding hydrogens is 532 g/mol. The molecule has 0 spiro atoms. The molecule has 1 aliphatic rings. The van der Waals surface area contributed by atoms with Gasteiger partial charge in [0.25, 0.3) is 0 Å². The van der Waals surface area contributed by atoms with E-state index in [-0.39, 0.29) is 42.9 Å². The Morgan fingerprint density at radius 2 is 1.90 bits per heavy atom. The maximum atomic E-state index is 13.3. The van der Waals surface area contributed by atoms with Gasteiger partial charge in [-0.1, -0.05) is 50.6 Å². The lowest BCUT2D eigenvalue weighted by Crippen LogP contribution is -2.51. The van der Waals surface area contributed by atoms with Crippen LogP contribution >= 0.6 is 11.6 Å². The SMILES string of the molecule is C=C[C@@H](C)[C@@H]1C/C=C/C(=O)N[C@H](Cc2ccc(OC)c(Cl)c2)C(=O)NCC(C)(C)C(=O)O[C@@H](CC(C)C)C(=O)C1. The van der Waals surface area contributed by atoms with Gasteiger partial charge >= 0.3 is 5.97 Å². The van der Waals surface area contributed by atoms with Gasteiger partial charge in [-0.25, -0.2) is 0 Å². The standard InChI is InChI=1S/C31H43ClN2O6/c1-8-20(4)22-10-9-11-28(36)34-24(16-21-12-13-26(39-7)23(32)15-21)29(37)33-18-31(5,6)30(38)40-27(14-19(2)3)25(35)17-22/h8-9,11-13,15,19-20,22,24,27H,1,10,14,16-18H2,2-7H3,(H,33,37)(H,34,36)/b11-9+/t20-,22-,24-,27+/m1/s1. The molecule has 0 saturated heterocycles. The molecule has 1 aromatic rings. The molecule has 0 aliphatic carbocycles. The van der Waals surface area contributed by atoms with E-state index in [1.54, 1.807) is 44.2 Å². The monoisotopic (exact) mass is 574 g/mol. The summed E-state index contributed by atoms with van der Waals surface area (Å²) in [7, 11) is 1.51. The quantitative estimate of drug-likeness (QED) is 0.356. The van der Waals surface area contributed by atoms with Crippen LogP contribution in [0.1, 0.15) is 59.4 Å². The third-order valence-electron chi connectivity index (χ3n) is 7.13. The number of amides is 2. The van der Waals surface area contributed by atoms with E-state index in [1.165, 1.54) is 13.2 Å². The number of Topliss-reactive ketones (excluding diaryl/α,β-unsaturated/α-hetero) is 1. The van der Waals surface area contributed by atoms with E-state index in [2.05, 4.69) is 17.2 Å². The molecule has 9 heteroatoms. The number of benzene rings is 1. The first kappa shape index (κ1) is 33.1. The number of hydrogen-bond donors (Lipinski definition) is 2. The van der Waals surface area contributed by atoms with E-state index in [9.17, 15) is 19.2 Å². The highest BCUT2D eigenvalue weighted by Crippen LogP contribution is 2.27. The lowest BCUT2D eigenvalue weighted by molar-refractivity contribution is -0.165. The molecule has 0 aromatic heterocycles. The molecular formula is C31H43ClN2O6. The highest BCUT2D eigenvalue weighted by Gasteiger charge is 2.36. The number of esters is 1. The summed E-state index contributed by atoms with van der Waals surface area (Å²) in [5.74, 6) is -1.17. The molecule has 2 amide bonds. The molecule has 2 N–H and O–H groups in total. The summed E-state index contributed by atoms with van der Waals surface area (Å²) in [4.78, 5) is 52.7. The second kappa shape index (κ2) is 15.0. The van der Waals surface area contributed by atoms with E-state index in [0.29, 0.717) is 23.6 Å². The second-order valence-electron chi connectivity index (χ2n) is 11.5. The molecule has 0 saturated carbocycles. The Bertz CT molecular complexity index is 1110. The average Bonchev–Trinajstić information content (AvgIpc) is 2.89. The van der Waals surface area contributed by atoms with Crippen molar-refractivity contribution < 1.29 is 28.7 Å². The van der Waals surface area contributed by atoms with Gasteiger partial charge in [-0.3, -0.25) is 19.2 Å². The molecule has 1 aromatic carbocycles. The number of hydrogen-bond acceptors (Lipinski definition) is 6. The average molecular weight is 575 g/mol. The fourth-order valence-electron chi connectivity index (χ4n) is 4.38. The Morgan fingerprint density at radius 1 is 1.20 bits per heavy atom. The number of ether oxygens (including phenoxy) is 2. The molecule has 220 valence electrons. The van der Waals surface area contributed by atoms with E-state index in [0.717, 1.165) is 5.56 Å². The Balaban J connectivity index is 2.41. The normalized spacial score (nSPS) is 24.4. The topological polar surface area (TPSA) is 111 Å². The number of ketones is 1. The van der Waals surface area contributed by atoms with Gasteiger partial charge in [0.15, 0.2) is 11.9 Å². The molecule has 0 unspecified atom stereocenters. The Hall–Kier alpha value is -3.13. The number of carbonyl (C=O) groups is 4. The van der Waals surface area contributed by atoms with Gasteiger partial charge in [0, 0.05) is 19.4 Å². The fraction of sp³-hybridized carbons (Fsp3) is 0.548. The largest absolute Gasteiger partial charge is 0.495 e. The molecule has 1 aliphatic heterocycles. The molecule has 0 fully saturated rings. The van der Waals surface area contributed by atoms with Crippen molar-refractivity contribution >= 4 is 35.2 Å². The maximum absolute atomic E-state index is 13.3. The zero-order chi connectivity index (χ0) is 30.0. The minimum Gasteiger partial charge on any atom is -0.495 e. The van der Waals surface area contributed by atoms with Crippen LogP contribution in [0.4, 0.5) is 0 Å². The third kappa shape index (κ3) is 9.81. The molecule has 4 atom stereocenters. The highest BCUT2D eigenvalue weighted by molar-refractivity contribution is 6.32. The van der Waals surface area contributed by atoms with Crippen LogP contribution in [-0.2, 0) is 30.3 Å². The fourth-order valence-corrected chi connectivity index (χ4v) is 4.66. The van der Waals surface area contributed by atoms with Crippen LogP contribution in [0.25, 0.3) is 0 Å². The van der Waals surface area contributed by atoms with Crippen molar-refractivity contribution in [3.63, 3.8) is 0 Å². The van der Waals surface area contributed by atoms with Crippen molar-refractivity contribution in [1.82, 2.24) is 10.6 Å². The number of rotatable bonds is 7. The first-order valence-corrected chi connectivity index (χ1v) is 14.1. The first-order valence-electron chi connectivity index (χ1n) is 13.7. The summed E-state index contributed by atoms with van der Waals surface area (Å²) in [6.45, 7) is 13.0. The van der Waals surface area contributed by atoms with Gasteiger partial charge in [-0.15, -0.1) is 6.58 Å². The van der Waals surface area contributed by atoms with Crippen LogP contribution in [-0.4, -0.2) is 49.4 Å². The van der Waals surface area contributed by atoms with Crippen molar-refractivity contribution in [3.05, 3.63) is 53.6 Å². The van der Waals surface area contributed by atoms with Gasteiger partial charge in [0.05, 0.1) is 17.5 Å². The maximum Gasteiger partial charge on any atom is 0.314 e. The summed E-state index contributed by atoms with van der Waals surface area (Å²) in [5.41, 5.74) is -0.397. The number of halogens is 1. The van der Waals surface area contributed by atoms with Gasteiger partial charge in [0.1, 0.15) is 11.8 Å². The summed E-state index contributed by atoms with van der Waals surface area (Å²) >= 11 is 6.27. The van der Waals surface area contributed by atoms with Gasteiger partial charge < -0.3 is 20.1 Å². The predicted molar refractivity (Wildman–Crippen MR) is 156 cm³/mol. The lowest BCUT2D eigenvalue weighted by atomic mass is 9.84. The summed E-state index contributed by atoms with van der Waals surface area (Å²) < 4.78 is 11.0. The summed E-state index contributed by atoms with van der Waals surface area (Å²) in [5, 5.41) is 5.93. The van der Waals surface area contributed by atoms with Gasteiger partial charge in [0.2, 0.25) is 11.8 Å². The predicted octanol–water partition coefficient (Wildman–Crippen LogP) is 4.83. The van der Waals surface area contributed by atoms with Gasteiger partial charge in [-0.2, -0.15) is 0 Å². The van der Waals surface area contributed by atoms with Crippen LogP contribution in [0, 0.1) is 23.2 Å². The van der Waals surface area contributed by atoms with Crippen molar-refractivity contribution in [2.45, 2.75) is 72.4 Å². The highest BCUT2D eigenvalue weighted by atomic mass is 35.5. The molecule has 0 bridgehead atoms. The van der Waals surface area contributed by atoms with Crippen LogP contribution in [0.15, 0.2) is 43.0 Å². The zero-order valence-electron chi connectivity index (χ0n) is 24.4. The Morgan fingerprint density at radius 3 is 2.50 bits per heavy atom. The Labute approximate surface area is 242 Å². The lowest BCUT2D eigenvalue weighted by Gasteiger charge is -2.29. The molecule has 2 rings (SSSR count). The van der Waals surface area contributed by atoms with Gasteiger partial charge in [-0.05, 0) is 68.2 Å². The number of allylic oxidation sites excluding steroid dienone is 2. The van der Waals surface area contributed by atoms with Crippen LogP contribution in [0.5, 0.6) is 5.75 Å². The van der Waals surface area contributed by atoms with E-state index < -0.39 is 35.3 Å². The van der Waals surface area contributed by atoms with E-state index in [4.69, 9.17) is 21.1 Å². The van der Waals surface area contributed by atoms with Crippen LogP contribution in [0.3, 0.4) is 0 Å². The van der Waals surface area contributed by atoms with E-state index in [1.807, 2.05) is 20.8 Å². The van der Waals surface area contributed by atoms with Crippen LogP contribution in [0.2, 0.25) is 5.02 Å². The summed E-state index contributed by atoms with van der Waals surface area (Å²) in [6, 6.07) is 4.22. The van der Waals surface area contributed by atoms with Crippen LogP contribution < -0.4 is 15.4 Å². The molecule has 40 heavy (non-hydrogen) atoms. The molecule has 1 heterocycles. The van der Waals surface area contributed by atoms with Crippen molar-refractivity contribution in [3.8, 4) is 5.75 Å².